The Balaban J connectivity index is 2.04. The van der Waals surface area contributed by atoms with Crippen LogP contribution >= 0.6 is 23.5 Å². The summed E-state index contributed by atoms with van der Waals surface area (Å²) < 4.78 is 5.88. The average molecular weight is 446 g/mol. The van der Waals surface area contributed by atoms with Gasteiger partial charge in [0.05, 0.1) is 23.6 Å². The second kappa shape index (κ2) is 10.5. The van der Waals surface area contributed by atoms with Crippen molar-refractivity contribution in [3.8, 4) is 5.75 Å². The minimum Gasteiger partial charge on any atom is -0.492 e. The molecule has 1 N–H and O–H groups in total. The molecule has 0 aliphatic carbocycles. The van der Waals surface area contributed by atoms with Crippen LogP contribution in [0.3, 0.4) is 0 Å². The third-order valence-electron chi connectivity index (χ3n) is 5.74. The quantitative estimate of drug-likeness (QED) is 0.433. The zero-order valence-electron chi connectivity index (χ0n) is 18.0. The molecule has 162 valence electrons. The molecule has 2 aromatic rings. The van der Waals surface area contributed by atoms with Crippen LogP contribution in [0.4, 0.5) is 11.4 Å². The van der Waals surface area contributed by atoms with Gasteiger partial charge in [0.2, 0.25) is 0 Å². The molecule has 1 atom stereocenters. The fraction of sp³-hybridized carbons (Fsp3) is 0.458. The smallest absolute Gasteiger partial charge is 0.306 e. The maximum Gasteiger partial charge on any atom is 0.306 e. The first-order valence-corrected chi connectivity index (χ1v) is 12.7. The first-order chi connectivity index (χ1) is 14.5. The molecule has 0 bridgehead atoms. The Morgan fingerprint density at radius 3 is 2.67 bits per heavy atom. The fourth-order valence-corrected chi connectivity index (χ4v) is 5.94. The number of rotatable bonds is 9. The third kappa shape index (κ3) is 5.27. The maximum atomic E-state index is 10.9. The minimum absolute atomic E-state index is 0.00361. The number of thioether (sulfide) groups is 2. The van der Waals surface area contributed by atoms with Crippen molar-refractivity contribution in [3.05, 3.63) is 42.5 Å². The Labute approximate surface area is 188 Å². The van der Waals surface area contributed by atoms with Gasteiger partial charge in [-0.3, -0.25) is 4.79 Å². The molecule has 1 aliphatic heterocycles. The number of para-hydroxylation sites is 1. The molecule has 0 spiro atoms. The van der Waals surface area contributed by atoms with Gasteiger partial charge in [-0.25, -0.2) is 0 Å². The number of carbonyl (C=O) groups is 1. The van der Waals surface area contributed by atoms with Crippen LogP contribution in [0.25, 0.3) is 0 Å². The lowest BCUT2D eigenvalue weighted by atomic mass is 9.82. The standard InChI is InChI=1S/C24H31NO3S2/c1-4-12-24(5-2)16-25(18-9-7-6-8-10-18)19-14-22(29-3)20(15-21(19)30-17-24)28-13-11-23(26)27/h6-10,14-15H,4-5,11-13,16-17H2,1-3H3,(H,26,27). The van der Waals surface area contributed by atoms with Crippen LogP contribution in [-0.4, -0.2) is 36.2 Å². The van der Waals surface area contributed by atoms with Crippen molar-refractivity contribution in [3.63, 3.8) is 0 Å². The van der Waals surface area contributed by atoms with Gasteiger partial charge in [0.1, 0.15) is 5.75 Å². The number of benzene rings is 2. The molecule has 0 amide bonds. The van der Waals surface area contributed by atoms with Crippen LogP contribution in [0.2, 0.25) is 0 Å². The Hall–Kier alpha value is -1.79. The lowest BCUT2D eigenvalue weighted by Crippen LogP contribution is -2.35. The predicted octanol–water partition coefficient (Wildman–Crippen LogP) is 6.70. The van der Waals surface area contributed by atoms with Gasteiger partial charge in [0.15, 0.2) is 0 Å². The Morgan fingerprint density at radius 2 is 2.03 bits per heavy atom. The number of ether oxygens (including phenoxy) is 1. The average Bonchev–Trinajstić information content (AvgIpc) is 2.91. The van der Waals surface area contributed by atoms with Crippen molar-refractivity contribution >= 4 is 40.9 Å². The van der Waals surface area contributed by atoms with Gasteiger partial charge in [0.25, 0.3) is 0 Å². The van der Waals surface area contributed by atoms with E-state index in [9.17, 15) is 4.79 Å². The van der Waals surface area contributed by atoms with Crippen molar-refractivity contribution in [2.45, 2.75) is 49.3 Å². The summed E-state index contributed by atoms with van der Waals surface area (Å²) in [5.41, 5.74) is 2.67. The molecule has 6 heteroatoms. The Kier molecular flexibility index (Phi) is 8.00. The summed E-state index contributed by atoms with van der Waals surface area (Å²) in [6, 6.07) is 14.9. The normalized spacial score (nSPS) is 18.6. The van der Waals surface area contributed by atoms with E-state index in [1.54, 1.807) is 11.8 Å². The number of hydrogen-bond acceptors (Lipinski definition) is 5. The molecular weight excluding hydrogens is 414 g/mol. The molecule has 0 radical (unpaired) electrons. The monoisotopic (exact) mass is 445 g/mol. The predicted molar refractivity (Wildman–Crippen MR) is 128 cm³/mol. The van der Waals surface area contributed by atoms with Crippen molar-refractivity contribution in [1.82, 2.24) is 0 Å². The van der Waals surface area contributed by atoms with Gasteiger partial charge in [-0.2, -0.15) is 0 Å². The Bertz CT molecular complexity index is 859. The highest BCUT2D eigenvalue weighted by Gasteiger charge is 2.35. The van der Waals surface area contributed by atoms with E-state index < -0.39 is 5.97 Å². The van der Waals surface area contributed by atoms with Crippen LogP contribution in [-0.2, 0) is 4.79 Å². The topological polar surface area (TPSA) is 49.8 Å². The van der Waals surface area contributed by atoms with Crippen molar-refractivity contribution in [2.75, 3.05) is 30.1 Å². The second-order valence-electron chi connectivity index (χ2n) is 7.78. The van der Waals surface area contributed by atoms with Crippen LogP contribution in [0, 0.1) is 5.41 Å². The summed E-state index contributed by atoms with van der Waals surface area (Å²) in [7, 11) is 0. The fourth-order valence-electron chi connectivity index (χ4n) is 3.99. The molecule has 1 heterocycles. The van der Waals surface area contributed by atoms with Crippen LogP contribution < -0.4 is 9.64 Å². The number of anilines is 2. The molecule has 0 aromatic heterocycles. The van der Waals surface area contributed by atoms with Crippen LogP contribution in [0.5, 0.6) is 5.75 Å². The zero-order valence-corrected chi connectivity index (χ0v) is 19.7. The van der Waals surface area contributed by atoms with E-state index in [2.05, 4.69) is 61.2 Å². The van der Waals surface area contributed by atoms with E-state index in [1.807, 2.05) is 18.0 Å². The van der Waals surface area contributed by atoms with Crippen molar-refractivity contribution in [2.24, 2.45) is 5.41 Å². The van der Waals surface area contributed by atoms with E-state index in [0.29, 0.717) is 0 Å². The molecule has 0 saturated carbocycles. The van der Waals surface area contributed by atoms with E-state index in [0.717, 1.165) is 29.4 Å². The highest BCUT2D eigenvalue weighted by Crippen LogP contribution is 2.49. The first-order valence-electron chi connectivity index (χ1n) is 10.5. The SMILES string of the molecule is CCCC1(CC)CSc2cc(OCCC(=O)O)c(SC)cc2N(c2ccccc2)C1. The molecule has 4 nitrogen and oxygen atoms in total. The number of hydrogen-bond donors (Lipinski definition) is 1. The van der Waals surface area contributed by atoms with E-state index in [-0.39, 0.29) is 18.4 Å². The van der Waals surface area contributed by atoms with Gasteiger partial charge in [-0.15, -0.1) is 23.5 Å². The van der Waals surface area contributed by atoms with Crippen LogP contribution in [0.15, 0.2) is 52.3 Å². The molecule has 1 unspecified atom stereocenters. The summed E-state index contributed by atoms with van der Waals surface area (Å²) in [6.07, 6.45) is 5.56. The van der Waals surface area contributed by atoms with Gasteiger partial charge in [-0.05, 0) is 48.8 Å². The summed E-state index contributed by atoms with van der Waals surface area (Å²) in [6.45, 7) is 5.76. The second-order valence-corrected chi connectivity index (χ2v) is 9.64. The van der Waals surface area contributed by atoms with Gasteiger partial charge in [-0.1, -0.05) is 38.5 Å². The summed E-state index contributed by atoms with van der Waals surface area (Å²) in [4.78, 5) is 15.6. The molecule has 3 rings (SSSR count). The van der Waals surface area contributed by atoms with Gasteiger partial charge in [0, 0.05) is 22.9 Å². The van der Waals surface area contributed by atoms with E-state index in [4.69, 9.17) is 9.84 Å². The third-order valence-corrected chi connectivity index (χ3v) is 7.89. The van der Waals surface area contributed by atoms with E-state index >= 15 is 0 Å². The first kappa shape index (κ1) is 22.9. The van der Waals surface area contributed by atoms with Gasteiger partial charge >= 0.3 is 5.97 Å². The highest BCUT2D eigenvalue weighted by atomic mass is 32.2. The molecule has 0 saturated heterocycles. The van der Waals surface area contributed by atoms with Crippen LogP contribution in [0.1, 0.15) is 39.5 Å². The minimum atomic E-state index is -0.840. The largest absolute Gasteiger partial charge is 0.492 e. The lowest BCUT2D eigenvalue weighted by Gasteiger charge is -2.36. The number of nitrogens with zero attached hydrogens (tertiary/aromatic N) is 1. The highest BCUT2D eigenvalue weighted by molar-refractivity contribution is 7.99. The lowest BCUT2D eigenvalue weighted by molar-refractivity contribution is -0.137. The summed E-state index contributed by atoms with van der Waals surface area (Å²) >= 11 is 3.54. The number of carboxylic acids is 1. The molecular formula is C24H31NO3S2. The number of fused-ring (bicyclic) bond motifs is 1. The summed E-state index contributed by atoms with van der Waals surface area (Å²) in [5, 5.41) is 8.95. The van der Waals surface area contributed by atoms with Crippen molar-refractivity contribution < 1.29 is 14.6 Å². The Morgan fingerprint density at radius 1 is 1.27 bits per heavy atom. The maximum absolute atomic E-state index is 10.9. The molecule has 1 aliphatic rings. The molecule has 0 fully saturated rings. The molecule has 2 aromatic carbocycles. The number of aliphatic carboxylic acids is 1. The number of carboxylic acid groups (broad SMARTS) is 1. The zero-order chi connectivity index (χ0) is 21.6. The van der Waals surface area contributed by atoms with Crippen molar-refractivity contribution in [1.29, 1.82) is 0 Å². The molecule has 30 heavy (non-hydrogen) atoms. The summed E-state index contributed by atoms with van der Waals surface area (Å²) in [5.74, 6) is 1.01. The van der Waals surface area contributed by atoms with E-state index in [1.165, 1.54) is 29.1 Å². The van der Waals surface area contributed by atoms with Gasteiger partial charge < -0.3 is 14.7 Å².